The standard InChI is InChI=1S/C13H15NO4.C3H5NO/c15-12(11-7-4-8-14-11)18-13(16)17-9-10-5-2-1-3-6-10;4-2-1-3(2)5/h1-3,5-6,11,14H,4,7-9H2;2H,1,4H2/t11-;/m0./s1. The van der Waals surface area contributed by atoms with Gasteiger partial charge < -0.3 is 20.5 Å². The van der Waals surface area contributed by atoms with Crippen molar-refractivity contribution in [1.29, 1.82) is 0 Å². The van der Waals surface area contributed by atoms with E-state index < -0.39 is 12.1 Å². The van der Waals surface area contributed by atoms with Gasteiger partial charge in [-0.2, -0.15) is 0 Å². The minimum Gasteiger partial charge on any atom is -0.429 e. The van der Waals surface area contributed by atoms with E-state index in [1.54, 1.807) is 0 Å². The molecule has 1 unspecified atom stereocenters. The molecule has 0 aromatic heterocycles. The van der Waals surface area contributed by atoms with Gasteiger partial charge in [-0.05, 0) is 24.9 Å². The van der Waals surface area contributed by atoms with Crippen LogP contribution < -0.4 is 11.1 Å². The third-order valence-electron chi connectivity index (χ3n) is 3.40. The van der Waals surface area contributed by atoms with Crippen LogP contribution in [0.3, 0.4) is 0 Å². The van der Waals surface area contributed by atoms with Crippen molar-refractivity contribution in [3.63, 3.8) is 0 Å². The molecule has 0 bridgehead atoms. The number of Topliss-reactive ketones (excluding diaryl/α,β-unsaturated/α-hetero) is 1. The van der Waals surface area contributed by atoms with Gasteiger partial charge in [0.15, 0.2) is 5.78 Å². The number of rotatable bonds is 3. The fraction of sp³-hybridized carbons (Fsp3) is 0.438. The van der Waals surface area contributed by atoms with Gasteiger partial charge in [0, 0.05) is 6.42 Å². The van der Waals surface area contributed by atoms with Crippen LogP contribution >= 0.6 is 0 Å². The average molecular weight is 320 g/mol. The third kappa shape index (κ3) is 6.17. The van der Waals surface area contributed by atoms with Gasteiger partial charge in [-0.15, -0.1) is 0 Å². The minimum atomic E-state index is -0.947. The van der Waals surface area contributed by atoms with E-state index in [-0.39, 0.29) is 24.5 Å². The highest BCUT2D eigenvalue weighted by atomic mass is 16.7. The first-order valence-electron chi connectivity index (χ1n) is 7.50. The van der Waals surface area contributed by atoms with E-state index >= 15 is 0 Å². The number of nitrogens with one attached hydrogen (secondary N) is 1. The van der Waals surface area contributed by atoms with Gasteiger partial charge in [0.2, 0.25) is 0 Å². The largest absolute Gasteiger partial charge is 0.516 e. The zero-order valence-corrected chi connectivity index (χ0v) is 12.7. The first-order chi connectivity index (χ1) is 11.1. The van der Waals surface area contributed by atoms with Crippen molar-refractivity contribution in [2.24, 2.45) is 5.73 Å². The normalized spacial score (nSPS) is 21.9. The summed E-state index contributed by atoms with van der Waals surface area (Å²) in [5.41, 5.74) is 5.86. The van der Waals surface area contributed by atoms with Crippen molar-refractivity contribution in [1.82, 2.24) is 5.32 Å². The molecule has 23 heavy (non-hydrogen) atoms. The second kappa shape index (κ2) is 8.40. The highest BCUT2D eigenvalue weighted by Gasteiger charge is 2.29. The number of benzene rings is 1. The quantitative estimate of drug-likeness (QED) is 0.629. The summed E-state index contributed by atoms with van der Waals surface area (Å²) < 4.78 is 9.44. The molecule has 1 heterocycles. The van der Waals surface area contributed by atoms with Gasteiger partial charge in [0.25, 0.3) is 0 Å². The number of hydrogen-bond acceptors (Lipinski definition) is 7. The molecular weight excluding hydrogens is 300 g/mol. The van der Waals surface area contributed by atoms with Gasteiger partial charge in [0.05, 0.1) is 6.04 Å². The molecule has 3 N–H and O–H groups in total. The van der Waals surface area contributed by atoms with Crippen LogP contribution in [0.5, 0.6) is 0 Å². The lowest BCUT2D eigenvalue weighted by Gasteiger charge is -2.09. The second-order valence-electron chi connectivity index (χ2n) is 5.37. The van der Waals surface area contributed by atoms with Crippen LogP contribution in [-0.2, 0) is 25.7 Å². The molecule has 7 heteroatoms. The smallest absolute Gasteiger partial charge is 0.429 e. The van der Waals surface area contributed by atoms with Crippen LogP contribution in [-0.4, -0.2) is 36.5 Å². The Morgan fingerprint density at radius 3 is 2.43 bits per heavy atom. The average Bonchev–Trinajstić information content (AvgIpc) is 3.01. The van der Waals surface area contributed by atoms with Crippen molar-refractivity contribution in [3.05, 3.63) is 35.9 Å². The molecule has 3 rings (SSSR count). The zero-order chi connectivity index (χ0) is 16.7. The Morgan fingerprint density at radius 2 is 1.91 bits per heavy atom. The van der Waals surface area contributed by atoms with E-state index in [1.165, 1.54) is 0 Å². The monoisotopic (exact) mass is 320 g/mol. The number of hydrogen-bond donors (Lipinski definition) is 2. The van der Waals surface area contributed by atoms with E-state index in [9.17, 15) is 14.4 Å². The molecule has 1 aromatic carbocycles. The molecule has 2 fully saturated rings. The van der Waals surface area contributed by atoms with E-state index in [0.717, 1.165) is 18.5 Å². The van der Waals surface area contributed by atoms with Crippen molar-refractivity contribution >= 4 is 17.9 Å². The molecule has 1 aliphatic heterocycles. The fourth-order valence-corrected chi connectivity index (χ4v) is 1.94. The predicted octanol–water partition coefficient (Wildman–Crippen LogP) is 0.905. The number of carbonyl (C=O) groups excluding carboxylic acids is 3. The number of ketones is 1. The summed E-state index contributed by atoms with van der Waals surface area (Å²) in [6.07, 6.45) is 1.28. The van der Waals surface area contributed by atoms with E-state index in [0.29, 0.717) is 12.8 Å². The molecule has 1 aromatic rings. The zero-order valence-electron chi connectivity index (χ0n) is 12.7. The lowest BCUT2D eigenvalue weighted by molar-refractivity contribution is -0.142. The van der Waals surface area contributed by atoms with E-state index in [2.05, 4.69) is 10.1 Å². The first-order valence-corrected chi connectivity index (χ1v) is 7.50. The van der Waals surface area contributed by atoms with Gasteiger partial charge >= 0.3 is 12.1 Å². The highest BCUT2D eigenvalue weighted by Crippen LogP contribution is 2.08. The van der Waals surface area contributed by atoms with Crippen LogP contribution in [0.1, 0.15) is 24.8 Å². The number of esters is 1. The van der Waals surface area contributed by atoms with E-state index in [4.69, 9.17) is 10.5 Å². The summed E-state index contributed by atoms with van der Waals surface area (Å²) in [4.78, 5) is 32.5. The Labute approximate surface area is 134 Å². The molecule has 2 atom stereocenters. The van der Waals surface area contributed by atoms with Gasteiger partial charge in [0.1, 0.15) is 12.6 Å². The summed E-state index contributed by atoms with van der Waals surface area (Å²) in [5, 5.41) is 2.95. The van der Waals surface area contributed by atoms with Crippen molar-refractivity contribution in [3.8, 4) is 0 Å². The Balaban J connectivity index is 0.000000326. The van der Waals surface area contributed by atoms with E-state index in [1.807, 2.05) is 30.3 Å². The molecule has 1 aliphatic carbocycles. The van der Waals surface area contributed by atoms with Crippen molar-refractivity contribution in [2.75, 3.05) is 6.54 Å². The molecular formula is C16H20N2O5. The Kier molecular flexibility index (Phi) is 6.25. The van der Waals surface area contributed by atoms with Gasteiger partial charge in [-0.1, -0.05) is 30.3 Å². The molecule has 2 aliphatic rings. The summed E-state index contributed by atoms with van der Waals surface area (Å²) in [6, 6.07) is 8.75. The fourth-order valence-electron chi connectivity index (χ4n) is 1.94. The summed E-state index contributed by atoms with van der Waals surface area (Å²) in [5.74, 6) is -0.365. The first kappa shape index (κ1) is 17.1. The molecule has 124 valence electrons. The lowest BCUT2D eigenvalue weighted by atomic mass is 10.2. The van der Waals surface area contributed by atoms with Crippen LogP contribution in [0, 0.1) is 0 Å². The highest BCUT2D eigenvalue weighted by molar-refractivity contribution is 5.99. The van der Waals surface area contributed by atoms with Crippen LogP contribution in [0.4, 0.5) is 4.79 Å². The van der Waals surface area contributed by atoms with Gasteiger partial charge in [-0.3, -0.25) is 4.79 Å². The molecule has 1 saturated heterocycles. The Bertz CT molecular complexity index is 555. The summed E-state index contributed by atoms with van der Waals surface area (Å²) in [7, 11) is 0. The second-order valence-corrected chi connectivity index (χ2v) is 5.37. The molecule has 0 radical (unpaired) electrons. The molecule has 0 amide bonds. The minimum absolute atomic E-state index is 0.0880. The van der Waals surface area contributed by atoms with Gasteiger partial charge in [-0.25, -0.2) is 9.59 Å². The van der Waals surface area contributed by atoms with Crippen LogP contribution in [0.2, 0.25) is 0 Å². The van der Waals surface area contributed by atoms with Crippen LogP contribution in [0.15, 0.2) is 30.3 Å². The number of ether oxygens (including phenoxy) is 2. The summed E-state index contributed by atoms with van der Waals surface area (Å²) in [6.45, 7) is 0.879. The number of carbonyl (C=O) groups is 3. The van der Waals surface area contributed by atoms with Crippen molar-refractivity contribution < 1.29 is 23.9 Å². The maximum absolute atomic E-state index is 11.5. The number of nitrogens with two attached hydrogens (primary N) is 1. The Morgan fingerprint density at radius 1 is 1.26 bits per heavy atom. The van der Waals surface area contributed by atoms with Crippen molar-refractivity contribution in [2.45, 2.75) is 38.0 Å². The maximum atomic E-state index is 11.5. The predicted molar refractivity (Wildman–Crippen MR) is 81.3 cm³/mol. The third-order valence-corrected chi connectivity index (χ3v) is 3.40. The SMILES string of the molecule is NC1CC1=O.O=C(OCc1ccccc1)OC(=O)[C@@H]1CCCN1. The Hall–Kier alpha value is -2.25. The topological polar surface area (TPSA) is 108 Å². The molecule has 7 nitrogen and oxygen atoms in total. The lowest BCUT2D eigenvalue weighted by Crippen LogP contribution is -2.33. The molecule has 0 spiro atoms. The molecule has 1 saturated carbocycles. The maximum Gasteiger partial charge on any atom is 0.516 e. The van der Waals surface area contributed by atoms with Crippen LogP contribution in [0.25, 0.3) is 0 Å². The summed E-state index contributed by atoms with van der Waals surface area (Å²) >= 11 is 0.